The Balaban J connectivity index is 2.46. The minimum Gasteiger partial charge on any atom is -0.413 e. The molecule has 0 aromatic carbocycles. The molecule has 1 aliphatic rings. The molecule has 1 aromatic rings. The highest BCUT2D eigenvalue weighted by Crippen LogP contribution is 2.47. The van der Waals surface area contributed by atoms with Crippen molar-refractivity contribution in [2.45, 2.75) is 141 Å². The van der Waals surface area contributed by atoms with Gasteiger partial charge in [-0.2, -0.15) is 4.98 Å². The van der Waals surface area contributed by atoms with E-state index in [1.807, 2.05) is 0 Å². The SMILES string of the molecule is CC(C)[Si](OC[C@H]1O[C@@H](n2ccc(N)nc2=O)CC1O[Si](C(C)C)(C(C)C)C(C)C)(C(C)C)C(C)C. The van der Waals surface area contributed by atoms with Crippen molar-refractivity contribution in [3.8, 4) is 0 Å². The minimum absolute atomic E-state index is 0.142. The second kappa shape index (κ2) is 12.2. The van der Waals surface area contributed by atoms with Crippen LogP contribution in [0.5, 0.6) is 0 Å². The maximum absolute atomic E-state index is 12.7. The van der Waals surface area contributed by atoms with E-state index in [-0.39, 0.29) is 18.0 Å². The molecule has 0 amide bonds. The number of anilines is 1. The lowest BCUT2D eigenvalue weighted by Gasteiger charge is -2.45. The molecule has 1 saturated heterocycles. The van der Waals surface area contributed by atoms with E-state index in [1.165, 1.54) is 0 Å². The fraction of sp³-hybridized carbons (Fsp3) is 0.852. The van der Waals surface area contributed by atoms with E-state index in [1.54, 1.807) is 16.8 Å². The molecule has 36 heavy (non-hydrogen) atoms. The van der Waals surface area contributed by atoms with Crippen molar-refractivity contribution in [3.05, 3.63) is 22.7 Å². The van der Waals surface area contributed by atoms with Gasteiger partial charge in [0.1, 0.15) is 18.1 Å². The molecule has 9 heteroatoms. The molecule has 0 aliphatic carbocycles. The molecule has 2 heterocycles. The summed E-state index contributed by atoms with van der Waals surface area (Å²) in [6.07, 6.45) is 1.45. The third-order valence-corrected chi connectivity index (χ3v) is 20.8. The van der Waals surface area contributed by atoms with Crippen LogP contribution in [0.2, 0.25) is 33.2 Å². The zero-order valence-electron chi connectivity index (χ0n) is 24.9. The van der Waals surface area contributed by atoms with Gasteiger partial charge in [0, 0.05) is 12.6 Å². The highest BCUT2D eigenvalue weighted by molar-refractivity contribution is 6.78. The second-order valence-corrected chi connectivity index (χ2v) is 23.4. The maximum Gasteiger partial charge on any atom is 0.351 e. The predicted molar refractivity (Wildman–Crippen MR) is 154 cm³/mol. The normalized spacial score (nSPS) is 21.8. The van der Waals surface area contributed by atoms with Gasteiger partial charge in [0.25, 0.3) is 0 Å². The van der Waals surface area contributed by atoms with E-state index in [0.717, 1.165) is 0 Å². The molecular weight excluding hydrogens is 486 g/mol. The lowest BCUT2D eigenvalue weighted by atomic mass is 10.2. The van der Waals surface area contributed by atoms with Gasteiger partial charge in [-0.15, -0.1) is 0 Å². The monoisotopic (exact) mass is 539 g/mol. The van der Waals surface area contributed by atoms with E-state index in [4.69, 9.17) is 19.3 Å². The van der Waals surface area contributed by atoms with Crippen LogP contribution in [-0.2, 0) is 13.6 Å². The van der Waals surface area contributed by atoms with Gasteiger partial charge in [-0.05, 0) is 39.3 Å². The van der Waals surface area contributed by atoms with Crippen molar-refractivity contribution in [3.63, 3.8) is 0 Å². The van der Waals surface area contributed by atoms with Crippen LogP contribution in [0.3, 0.4) is 0 Å². The summed E-state index contributed by atoms with van der Waals surface area (Å²) in [4.78, 5) is 16.6. The van der Waals surface area contributed by atoms with E-state index in [9.17, 15) is 4.79 Å². The second-order valence-electron chi connectivity index (χ2n) is 12.5. The topological polar surface area (TPSA) is 88.6 Å². The van der Waals surface area contributed by atoms with Gasteiger partial charge >= 0.3 is 5.69 Å². The third kappa shape index (κ3) is 6.00. The Hall–Kier alpha value is -1.01. The fourth-order valence-electron chi connectivity index (χ4n) is 7.19. The predicted octanol–water partition coefficient (Wildman–Crippen LogP) is 6.87. The van der Waals surface area contributed by atoms with Crippen molar-refractivity contribution in [1.29, 1.82) is 0 Å². The van der Waals surface area contributed by atoms with E-state index < -0.39 is 28.6 Å². The van der Waals surface area contributed by atoms with Crippen LogP contribution in [0, 0.1) is 0 Å². The number of nitrogen functional groups attached to an aromatic ring is 1. The average molecular weight is 540 g/mol. The molecule has 2 rings (SSSR count). The number of rotatable bonds is 12. The van der Waals surface area contributed by atoms with E-state index in [0.29, 0.717) is 46.3 Å². The first-order chi connectivity index (χ1) is 16.6. The summed E-state index contributed by atoms with van der Waals surface area (Å²) >= 11 is 0. The Morgan fingerprint density at radius 3 is 1.81 bits per heavy atom. The van der Waals surface area contributed by atoms with Crippen LogP contribution in [0.1, 0.15) is 95.7 Å². The standard InChI is InChI=1S/C27H53N3O4Si2/c1-17(2)35(18(3)4,19(5)6)32-16-24-23(34-36(20(7)8,21(9)10)22(11)12)15-26(33-24)30-14-13-25(28)29-27(30)31/h13-14,17-24,26H,15-16H2,1-12H3,(H2,28,29,31)/t23?,24-,26-/m1/s1. The van der Waals surface area contributed by atoms with Gasteiger partial charge in [-0.3, -0.25) is 4.57 Å². The quantitative estimate of drug-likeness (QED) is 0.292. The molecule has 3 atom stereocenters. The van der Waals surface area contributed by atoms with Crippen molar-refractivity contribution in [2.75, 3.05) is 12.3 Å². The molecule has 7 nitrogen and oxygen atoms in total. The number of aromatic nitrogens is 2. The summed E-state index contributed by atoms with van der Waals surface area (Å²) < 4.78 is 22.4. The Labute approximate surface area is 221 Å². The molecule has 0 saturated carbocycles. The van der Waals surface area contributed by atoms with Gasteiger partial charge < -0.3 is 19.3 Å². The highest BCUT2D eigenvalue weighted by Gasteiger charge is 2.51. The van der Waals surface area contributed by atoms with Crippen molar-refractivity contribution >= 4 is 22.5 Å². The molecule has 1 unspecified atom stereocenters. The molecule has 208 valence electrons. The first-order valence-corrected chi connectivity index (χ1v) is 18.2. The summed E-state index contributed by atoms with van der Waals surface area (Å²) in [7, 11) is -4.27. The number of ether oxygens (including phenoxy) is 1. The molecule has 0 bridgehead atoms. The fourth-order valence-corrected chi connectivity index (χ4v) is 18.2. The smallest absolute Gasteiger partial charge is 0.351 e. The van der Waals surface area contributed by atoms with Crippen molar-refractivity contribution in [2.24, 2.45) is 0 Å². The lowest BCUT2D eigenvalue weighted by molar-refractivity contribution is -0.0422. The highest BCUT2D eigenvalue weighted by atomic mass is 28.4. The number of hydrogen-bond donors (Lipinski definition) is 1. The molecule has 0 radical (unpaired) electrons. The van der Waals surface area contributed by atoms with E-state index in [2.05, 4.69) is 88.1 Å². The van der Waals surface area contributed by atoms with Crippen LogP contribution in [0.25, 0.3) is 0 Å². The zero-order chi connectivity index (χ0) is 27.6. The van der Waals surface area contributed by atoms with Crippen LogP contribution in [0.4, 0.5) is 5.82 Å². The summed E-state index contributed by atoms with van der Waals surface area (Å²) in [5, 5.41) is 0. The van der Waals surface area contributed by atoms with Gasteiger partial charge in [0.05, 0.1) is 12.7 Å². The van der Waals surface area contributed by atoms with Gasteiger partial charge in [0.2, 0.25) is 8.32 Å². The summed E-state index contributed by atoms with van der Waals surface area (Å²) in [5.41, 5.74) is 8.15. The molecular formula is C27H53N3O4Si2. The van der Waals surface area contributed by atoms with Crippen LogP contribution >= 0.6 is 0 Å². The Morgan fingerprint density at radius 2 is 1.39 bits per heavy atom. The summed E-state index contributed by atoms with van der Waals surface area (Å²) in [6.45, 7) is 28.1. The Kier molecular flexibility index (Phi) is 10.6. The molecule has 1 aromatic heterocycles. The Bertz CT molecular complexity index is 858. The molecule has 0 spiro atoms. The molecule has 1 aliphatic heterocycles. The number of nitrogens with two attached hydrogens (primary N) is 1. The zero-order valence-corrected chi connectivity index (χ0v) is 26.9. The first kappa shape index (κ1) is 31.2. The largest absolute Gasteiger partial charge is 0.413 e. The van der Waals surface area contributed by atoms with E-state index >= 15 is 0 Å². The first-order valence-electron chi connectivity index (χ1n) is 13.9. The summed E-state index contributed by atoms with van der Waals surface area (Å²) in [6, 6.07) is 1.65. The third-order valence-electron chi connectivity index (χ3n) is 8.61. The van der Waals surface area contributed by atoms with Gasteiger partial charge in [0.15, 0.2) is 8.32 Å². The molecule has 1 fully saturated rings. The molecule has 2 N–H and O–H groups in total. The summed E-state index contributed by atoms with van der Waals surface area (Å²) in [5.74, 6) is 0.217. The van der Waals surface area contributed by atoms with Crippen molar-refractivity contribution in [1.82, 2.24) is 9.55 Å². The number of hydrogen-bond acceptors (Lipinski definition) is 6. The van der Waals surface area contributed by atoms with Crippen LogP contribution in [-0.4, -0.2) is 45.0 Å². The van der Waals surface area contributed by atoms with Crippen LogP contribution < -0.4 is 11.4 Å². The minimum atomic E-state index is -2.18. The van der Waals surface area contributed by atoms with Gasteiger partial charge in [-0.1, -0.05) is 83.1 Å². The maximum atomic E-state index is 12.7. The van der Waals surface area contributed by atoms with Crippen molar-refractivity contribution < 1.29 is 13.6 Å². The van der Waals surface area contributed by atoms with Crippen LogP contribution in [0.15, 0.2) is 17.1 Å². The average Bonchev–Trinajstić information content (AvgIpc) is 3.13. The van der Waals surface area contributed by atoms with Gasteiger partial charge in [-0.25, -0.2) is 4.79 Å². The number of nitrogens with zero attached hydrogens (tertiary/aromatic N) is 2. The Morgan fingerprint density at radius 1 is 0.917 bits per heavy atom. The lowest BCUT2D eigenvalue weighted by Crippen LogP contribution is -2.53.